The van der Waals surface area contributed by atoms with Crippen LogP contribution in [0.25, 0.3) is 0 Å². The summed E-state index contributed by atoms with van der Waals surface area (Å²) < 4.78 is 0. The first-order valence-electron chi connectivity index (χ1n) is 7.02. The maximum atomic E-state index is 4.69. The zero-order valence-corrected chi connectivity index (χ0v) is 13.2. The minimum absolute atomic E-state index is 0.342. The number of nitrogens with one attached hydrogen (secondary N) is 1. The molecule has 104 valence electrons. The molecule has 3 nitrogen and oxygen atoms in total. The molecule has 19 heavy (non-hydrogen) atoms. The molecule has 2 heterocycles. The maximum absolute atomic E-state index is 4.69. The maximum Gasteiger partial charge on any atom is 0.157 e. The van der Waals surface area contributed by atoms with Crippen LogP contribution in [-0.2, 0) is 6.54 Å². The molecule has 2 aliphatic rings. The van der Waals surface area contributed by atoms with Gasteiger partial charge in [0, 0.05) is 22.4 Å². The van der Waals surface area contributed by atoms with Crippen molar-refractivity contribution < 1.29 is 0 Å². The van der Waals surface area contributed by atoms with Crippen LogP contribution in [0.1, 0.15) is 43.3 Å². The van der Waals surface area contributed by atoms with E-state index in [4.69, 9.17) is 4.99 Å². The van der Waals surface area contributed by atoms with Gasteiger partial charge in [-0.2, -0.15) is 0 Å². The molecule has 0 bridgehead atoms. The smallest absolute Gasteiger partial charge is 0.157 e. The van der Waals surface area contributed by atoms with Gasteiger partial charge in [0.1, 0.15) is 5.01 Å². The quantitative estimate of drug-likeness (QED) is 0.906. The molecule has 1 spiro atoms. The van der Waals surface area contributed by atoms with Crippen molar-refractivity contribution in [3.63, 3.8) is 0 Å². The van der Waals surface area contributed by atoms with E-state index in [-0.39, 0.29) is 0 Å². The van der Waals surface area contributed by atoms with Crippen LogP contribution in [0.4, 0.5) is 0 Å². The Labute approximate surface area is 123 Å². The summed E-state index contributed by atoms with van der Waals surface area (Å²) in [6.07, 6.45) is 5.31. The Morgan fingerprint density at radius 2 is 2.26 bits per heavy atom. The third-order valence-electron chi connectivity index (χ3n) is 4.11. The molecule has 0 atom stereocenters. The van der Waals surface area contributed by atoms with Gasteiger partial charge in [-0.1, -0.05) is 18.7 Å². The van der Waals surface area contributed by atoms with E-state index in [0.29, 0.717) is 5.54 Å². The van der Waals surface area contributed by atoms with E-state index in [1.165, 1.54) is 31.4 Å². The van der Waals surface area contributed by atoms with Crippen molar-refractivity contribution in [3.8, 4) is 0 Å². The van der Waals surface area contributed by atoms with Gasteiger partial charge < -0.3 is 5.32 Å². The summed E-state index contributed by atoms with van der Waals surface area (Å²) in [6.45, 7) is 5.13. The highest BCUT2D eigenvalue weighted by Crippen LogP contribution is 2.38. The van der Waals surface area contributed by atoms with Gasteiger partial charge in [-0.3, -0.25) is 4.99 Å². The average molecular weight is 295 g/mol. The van der Waals surface area contributed by atoms with Crippen molar-refractivity contribution in [1.29, 1.82) is 0 Å². The number of aryl methyl sites for hydroxylation is 1. The Kier molecular flexibility index (Phi) is 3.85. The summed E-state index contributed by atoms with van der Waals surface area (Å²) in [6, 6.07) is 0. The van der Waals surface area contributed by atoms with Gasteiger partial charge in [-0.15, -0.1) is 11.3 Å². The second kappa shape index (κ2) is 5.44. The zero-order chi connectivity index (χ0) is 13.3. The highest BCUT2D eigenvalue weighted by Gasteiger charge is 2.39. The molecule has 0 unspecified atom stereocenters. The molecule has 1 aliphatic heterocycles. The highest BCUT2D eigenvalue weighted by atomic mass is 32.2. The molecular weight excluding hydrogens is 274 g/mol. The molecule has 0 amide bonds. The van der Waals surface area contributed by atoms with E-state index in [2.05, 4.69) is 22.6 Å². The molecule has 5 heteroatoms. The Balaban J connectivity index is 1.59. The Morgan fingerprint density at radius 1 is 1.47 bits per heavy atom. The van der Waals surface area contributed by atoms with E-state index >= 15 is 0 Å². The highest BCUT2D eigenvalue weighted by molar-refractivity contribution is 8.14. The van der Waals surface area contributed by atoms with Crippen LogP contribution < -0.4 is 5.32 Å². The first kappa shape index (κ1) is 13.4. The number of aliphatic imine (C=N–C) groups is 1. The largest absolute Gasteiger partial charge is 0.359 e. The minimum Gasteiger partial charge on any atom is -0.359 e. The lowest BCUT2D eigenvalue weighted by Crippen LogP contribution is -2.46. The number of thioether (sulfide) groups is 1. The summed E-state index contributed by atoms with van der Waals surface area (Å²) in [7, 11) is 0. The van der Waals surface area contributed by atoms with Gasteiger partial charge in [0.25, 0.3) is 0 Å². The fraction of sp³-hybridized carbons (Fsp3) is 0.714. The molecule has 1 aliphatic carbocycles. The van der Waals surface area contributed by atoms with Crippen molar-refractivity contribution in [1.82, 2.24) is 10.3 Å². The molecule has 2 fully saturated rings. The van der Waals surface area contributed by atoms with Gasteiger partial charge >= 0.3 is 0 Å². The number of aromatic nitrogens is 1. The summed E-state index contributed by atoms with van der Waals surface area (Å²) in [5, 5.41) is 8.03. The summed E-state index contributed by atoms with van der Waals surface area (Å²) in [4.78, 5) is 9.15. The number of thiazole rings is 1. The third kappa shape index (κ3) is 3.14. The second-order valence-electron chi connectivity index (χ2n) is 5.88. The molecule has 1 aromatic rings. The molecule has 0 radical (unpaired) electrons. The van der Waals surface area contributed by atoms with E-state index in [9.17, 15) is 0 Å². The number of rotatable bonds is 2. The number of hydrogen-bond acceptors (Lipinski definition) is 4. The fourth-order valence-corrected chi connectivity index (χ4v) is 4.70. The zero-order valence-electron chi connectivity index (χ0n) is 11.6. The van der Waals surface area contributed by atoms with E-state index in [1.54, 1.807) is 11.3 Å². The molecule has 1 saturated heterocycles. The van der Waals surface area contributed by atoms with Crippen molar-refractivity contribution in [2.45, 2.75) is 51.6 Å². The van der Waals surface area contributed by atoms with Gasteiger partial charge in [-0.05, 0) is 38.5 Å². The Morgan fingerprint density at radius 3 is 2.95 bits per heavy atom. The van der Waals surface area contributed by atoms with Gasteiger partial charge in [0.05, 0.1) is 6.54 Å². The topological polar surface area (TPSA) is 37.3 Å². The summed E-state index contributed by atoms with van der Waals surface area (Å²) >= 11 is 3.60. The Bertz CT molecular complexity index is 473. The standard InChI is InChI=1S/C14H21N3S2/c1-10-3-5-14(6-4-10)9-19-13(17-14)15-7-12-16-11(2)8-18-12/h8,10H,3-7,9H2,1-2H3,(H,15,17). The number of nitrogens with zero attached hydrogens (tertiary/aromatic N) is 2. The number of hydrogen-bond donors (Lipinski definition) is 1. The molecule has 1 N–H and O–H groups in total. The predicted octanol–water partition coefficient (Wildman–Crippen LogP) is 3.59. The van der Waals surface area contributed by atoms with Crippen LogP contribution in [0.3, 0.4) is 0 Å². The number of amidine groups is 1. The lowest BCUT2D eigenvalue weighted by Gasteiger charge is -2.35. The molecular formula is C14H21N3S2. The van der Waals surface area contributed by atoms with Crippen molar-refractivity contribution in [2.24, 2.45) is 10.9 Å². The molecule has 0 aromatic carbocycles. The van der Waals surface area contributed by atoms with Gasteiger partial charge in [0.15, 0.2) is 5.17 Å². The Hall–Kier alpha value is -0.550. The third-order valence-corrected chi connectivity index (χ3v) is 6.27. The molecule has 1 aromatic heterocycles. The van der Waals surface area contributed by atoms with Crippen LogP contribution >= 0.6 is 23.1 Å². The molecule has 1 saturated carbocycles. The van der Waals surface area contributed by atoms with Crippen LogP contribution in [0.5, 0.6) is 0 Å². The predicted molar refractivity (Wildman–Crippen MR) is 83.9 cm³/mol. The second-order valence-corrected chi connectivity index (χ2v) is 7.79. The van der Waals surface area contributed by atoms with Crippen LogP contribution in [0.15, 0.2) is 10.4 Å². The SMILES string of the molecule is Cc1csc(CN=C2NC3(CCC(C)CC3)CS2)n1. The van der Waals surface area contributed by atoms with E-state index in [1.807, 2.05) is 18.7 Å². The van der Waals surface area contributed by atoms with Gasteiger partial charge in [0.2, 0.25) is 0 Å². The fourth-order valence-electron chi connectivity index (χ4n) is 2.79. The first-order chi connectivity index (χ1) is 9.15. The van der Waals surface area contributed by atoms with Crippen LogP contribution in [-0.4, -0.2) is 21.4 Å². The first-order valence-corrected chi connectivity index (χ1v) is 8.88. The normalized spacial score (nSPS) is 32.9. The lowest BCUT2D eigenvalue weighted by atomic mass is 9.78. The van der Waals surface area contributed by atoms with Crippen LogP contribution in [0.2, 0.25) is 0 Å². The monoisotopic (exact) mass is 295 g/mol. The average Bonchev–Trinajstić information content (AvgIpc) is 2.99. The van der Waals surface area contributed by atoms with Gasteiger partial charge in [-0.25, -0.2) is 4.98 Å². The van der Waals surface area contributed by atoms with Crippen molar-refractivity contribution in [2.75, 3.05) is 5.75 Å². The molecule has 3 rings (SSSR count). The van der Waals surface area contributed by atoms with E-state index < -0.39 is 0 Å². The van der Waals surface area contributed by atoms with Crippen molar-refractivity contribution in [3.05, 3.63) is 16.1 Å². The summed E-state index contributed by atoms with van der Waals surface area (Å²) in [5.41, 5.74) is 1.44. The minimum atomic E-state index is 0.342. The van der Waals surface area contributed by atoms with Crippen molar-refractivity contribution >= 4 is 28.3 Å². The van der Waals surface area contributed by atoms with E-state index in [0.717, 1.165) is 28.3 Å². The lowest BCUT2D eigenvalue weighted by molar-refractivity contribution is 0.251. The van der Waals surface area contributed by atoms with Crippen LogP contribution in [0, 0.1) is 12.8 Å². The summed E-state index contributed by atoms with van der Waals surface area (Å²) in [5.74, 6) is 2.09.